The van der Waals surface area contributed by atoms with Gasteiger partial charge in [-0.05, 0) is 62.6 Å². The number of nitrogen functional groups attached to an aromatic ring is 1. The van der Waals surface area contributed by atoms with Crippen LogP contribution in [0.2, 0.25) is 0 Å². The van der Waals surface area contributed by atoms with Crippen LogP contribution in [0, 0.1) is 0 Å². The second-order valence-corrected chi connectivity index (χ2v) is 7.53. The van der Waals surface area contributed by atoms with E-state index in [0.717, 1.165) is 5.56 Å². The molecule has 0 aliphatic rings. The quantitative estimate of drug-likeness (QED) is 0.675. The molecule has 4 N–H and O–H groups in total. The maximum Gasteiger partial charge on any atom is 0.410 e. The van der Waals surface area contributed by atoms with E-state index in [2.05, 4.69) is 0 Å². The van der Waals surface area contributed by atoms with Crippen LogP contribution >= 0.6 is 0 Å². The van der Waals surface area contributed by atoms with Gasteiger partial charge in [0.15, 0.2) is 0 Å². The summed E-state index contributed by atoms with van der Waals surface area (Å²) in [6, 6.07) is 13.7. The number of benzene rings is 2. The first-order valence-corrected chi connectivity index (χ1v) is 8.93. The Morgan fingerprint density at radius 3 is 2.26 bits per heavy atom. The van der Waals surface area contributed by atoms with Gasteiger partial charge in [-0.2, -0.15) is 0 Å². The molecule has 0 aliphatic carbocycles. The summed E-state index contributed by atoms with van der Waals surface area (Å²) >= 11 is 0. The van der Waals surface area contributed by atoms with Crippen LogP contribution in [0.5, 0.6) is 5.75 Å². The van der Waals surface area contributed by atoms with Crippen molar-refractivity contribution in [2.75, 3.05) is 18.8 Å². The number of phenolic OH excluding ortho intramolecular Hbond substituents is 1. The zero-order valence-corrected chi connectivity index (χ0v) is 16.1. The van der Waals surface area contributed by atoms with Crippen LogP contribution in [0.1, 0.15) is 38.0 Å². The minimum atomic E-state index is -0.885. The summed E-state index contributed by atoms with van der Waals surface area (Å²) in [5.74, 6) is 0.123. The number of anilines is 1. The number of ether oxygens (including phenoxy) is 1. The first-order chi connectivity index (χ1) is 12.6. The number of aromatic hydroxyl groups is 1. The van der Waals surface area contributed by atoms with Crippen LogP contribution < -0.4 is 5.73 Å². The minimum absolute atomic E-state index is 0.0919. The topological polar surface area (TPSA) is 96.0 Å². The maximum atomic E-state index is 12.6. The highest BCUT2D eigenvalue weighted by atomic mass is 16.6. The van der Waals surface area contributed by atoms with Crippen molar-refractivity contribution in [2.24, 2.45) is 0 Å². The Labute approximate surface area is 160 Å². The van der Waals surface area contributed by atoms with Crippen molar-refractivity contribution in [3.63, 3.8) is 0 Å². The monoisotopic (exact) mass is 372 g/mol. The summed E-state index contributed by atoms with van der Waals surface area (Å²) in [5, 5.41) is 19.9. The number of carbonyl (C=O) groups excluding carboxylic acids is 1. The number of amides is 1. The van der Waals surface area contributed by atoms with Gasteiger partial charge in [0.2, 0.25) is 0 Å². The van der Waals surface area contributed by atoms with Crippen LogP contribution in [0.3, 0.4) is 0 Å². The number of carbonyl (C=O) groups is 1. The van der Waals surface area contributed by atoms with Crippen LogP contribution in [-0.4, -0.2) is 39.9 Å². The van der Waals surface area contributed by atoms with E-state index in [9.17, 15) is 15.0 Å². The summed E-state index contributed by atoms with van der Waals surface area (Å²) in [5.41, 5.74) is 7.42. The Morgan fingerprint density at radius 2 is 1.70 bits per heavy atom. The molecule has 2 aromatic rings. The highest BCUT2D eigenvalue weighted by Crippen LogP contribution is 2.20. The number of phenols is 1. The molecule has 2 aromatic carbocycles. The predicted octanol–water partition coefficient (Wildman–Crippen LogP) is 3.49. The lowest BCUT2D eigenvalue weighted by Gasteiger charge is -2.29. The van der Waals surface area contributed by atoms with Crippen molar-refractivity contribution in [3.8, 4) is 5.75 Å². The Kier molecular flexibility index (Phi) is 6.69. The van der Waals surface area contributed by atoms with Crippen LogP contribution in [-0.2, 0) is 11.2 Å². The van der Waals surface area contributed by atoms with Crippen molar-refractivity contribution in [2.45, 2.75) is 38.9 Å². The lowest BCUT2D eigenvalue weighted by atomic mass is 10.1. The lowest BCUT2D eigenvalue weighted by molar-refractivity contribution is 0.0147. The first kappa shape index (κ1) is 20.6. The molecule has 0 saturated heterocycles. The number of aliphatic hydroxyl groups excluding tert-OH is 1. The van der Waals surface area contributed by atoms with E-state index in [-0.39, 0.29) is 12.3 Å². The Morgan fingerprint density at radius 1 is 1.11 bits per heavy atom. The molecule has 0 heterocycles. The molecule has 0 saturated carbocycles. The third-order valence-corrected chi connectivity index (χ3v) is 3.97. The molecule has 0 radical (unpaired) electrons. The van der Waals surface area contributed by atoms with Gasteiger partial charge in [-0.15, -0.1) is 0 Å². The molecular weight excluding hydrogens is 344 g/mol. The molecule has 1 amide bonds. The van der Waals surface area contributed by atoms with Crippen molar-refractivity contribution in [1.29, 1.82) is 0 Å². The molecule has 2 rings (SSSR count). The fraction of sp³-hybridized carbons (Fsp3) is 0.381. The Hall–Kier alpha value is -2.73. The number of aliphatic hydroxyl groups is 1. The van der Waals surface area contributed by atoms with Crippen LogP contribution in [0.15, 0.2) is 48.5 Å². The van der Waals surface area contributed by atoms with Crippen molar-refractivity contribution in [1.82, 2.24) is 4.90 Å². The first-order valence-electron chi connectivity index (χ1n) is 8.93. The fourth-order valence-corrected chi connectivity index (χ4v) is 2.54. The average molecular weight is 372 g/mol. The molecule has 27 heavy (non-hydrogen) atoms. The minimum Gasteiger partial charge on any atom is -0.508 e. The van der Waals surface area contributed by atoms with Gasteiger partial charge in [0.1, 0.15) is 11.4 Å². The third-order valence-electron chi connectivity index (χ3n) is 3.97. The van der Waals surface area contributed by atoms with Crippen molar-refractivity contribution in [3.05, 3.63) is 59.7 Å². The molecule has 0 aromatic heterocycles. The van der Waals surface area contributed by atoms with E-state index < -0.39 is 17.8 Å². The standard InChI is InChI=1S/C21H28N2O4/c1-21(2,3)27-20(26)23(13-12-15-4-8-17(22)9-5-15)14-19(25)16-6-10-18(24)11-7-16/h4-11,19,24-25H,12-14,22H2,1-3H3. The predicted molar refractivity (Wildman–Crippen MR) is 105 cm³/mol. The van der Waals surface area contributed by atoms with Gasteiger partial charge in [-0.1, -0.05) is 24.3 Å². The average Bonchev–Trinajstić information content (AvgIpc) is 2.58. The molecule has 0 aliphatic heterocycles. The SMILES string of the molecule is CC(C)(C)OC(=O)N(CCc1ccc(N)cc1)CC(O)c1ccc(O)cc1. The maximum absolute atomic E-state index is 12.6. The molecule has 0 spiro atoms. The van der Waals surface area contributed by atoms with E-state index >= 15 is 0 Å². The molecule has 1 atom stereocenters. The second-order valence-electron chi connectivity index (χ2n) is 7.53. The van der Waals surface area contributed by atoms with E-state index in [4.69, 9.17) is 10.5 Å². The highest BCUT2D eigenvalue weighted by Gasteiger charge is 2.24. The summed E-state index contributed by atoms with van der Waals surface area (Å²) in [7, 11) is 0. The summed E-state index contributed by atoms with van der Waals surface area (Å²) in [4.78, 5) is 14.1. The van der Waals surface area contributed by atoms with Gasteiger partial charge >= 0.3 is 6.09 Å². The summed E-state index contributed by atoms with van der Waals surface area (Å²) in [6.07, 6.45) is -0.748. The van der Waals surface area contributed by atoms with Crippen molar-refractivity contribution < 1.29 is 19.7 Å². The van der Waals surface area contributed by atoms with Crippen LogP contribution in [0.4, 0.5) is 10.5 Å². The van der Waals surface area contributed by atoms with Gasteiger partial charge in [0.05, 0.1) is 12.6 Å². The lowest BCUT2D eigenvalue weighted by Crippen LogP contribution is -2.40. The largest absolute Gasteiger partial charge is 0.508 e. The molecule has 0 bridgehead atoms. The highest BCUT2D eigenvalue weighted by molar-refractivity contribution is 5.68. The van der Waals surface area contributed by atoms with Gasteiger partial charge in [0.25, 0.3) is 0 Å². The summed E-state index contributed by atoms with van der Waals surface area (Å²) in [6.45, 7) is 5.90. The van der Waals surface area contributed by atoms with Gasteiger partial charge in [-0.3, -0.25) is 0 Å². The van der Waals surface area contributed by atoms with Gasteiger partial charge < -0.3 is 25.6 Å². The van der Waals surface area contributed by atoms with Gasteiger partial charge in [0, 0.05) is 12.2 Å². The molecule has 6 nitrogen and oxygen atoms in total. The second kappa shape index (κ2) is 8.77. The molecule has 6 heteroatoms. The normalized spacial score (nSPS) is 12.4. The number of nitrogens with two attached hydrogens (primary N) is 1. The van der Waals surface area contributed by atoms with Crippen molar-refractivity contribution >= 4 is 11.8 Å². The molecular formula is C21H28N2O4. The number of hydrogen-bond acceptors (Lipinski definition) is 5. The number of rotatable bonds is 6. The Balaban J connectivity index is 2.09. The smallest absolute Gasteiger partial charge is 0.410 e. The zero-order chi connectivity index (χ0) is 20.0. The van der Waals surface area contributed by atoms with E-state index in [0.29, 0.717) is 24.2 Å². The van der Waals surface area contributed by atoms with Gasteiger partial charge in [-0.25, -0.2) is 4.79 Å². The third kappa shape index (κ3) is 6.83. The van der Waals surface area contributed by atoms with E-state index in [1.807, 2.05) is 24.3 Å². The van der Waals surface area contributed by atoms with E-state index in [1.54, 1.807) is 32.9 Å². The molecule has 1 unspecified atom stereocenters. The Bertz CT molecular complexity index is 736. The fourth-order valence-electron chi connectivity index (χ4n) is 2.54. The zero-order valence-electron chi connectivity index (χ0n) is 16.1. The van der Waals surface area contributed by atoms with Crippen LogP contribution in [0.25, 0.3) is 0 Å². The summed E-state index contributed by atoms with van der Waals surface area (Å²) < 4.78 is 5.48. The number of hydrogen-bond donors (Lipinski definition) is 3. The molecule has 146 valence electrons. The van der Waals surface area contributed by atoms with E-state index in [1.165, 1.54) is 17.0 Å². The number of nitrogens with zero attached hydrogens (tertiary/aromatic N) is 1. The molecule has 0 fully saturated rings.